The van der Waals surface area contributed by atoms with E-state index in [4.69, 9.17) is 5.73 Å². The maximum atomic E-state index is 13.3. The molecular formula is C22H26N6O2. The molecule has 0 saturated heterocycles. The summed E-state index contributed by atoms with van der Waals surface area (Å²) in [5, 5.41) is 5.70. The number of dihydropyridines is 1. The fraction of sp³-hybridized carbons (Fsp3) is 0.273. The molecule has 1 unspecified atom stereocenters. The second-order valence-electron chi connectivity index (χ2n) is 7.17. The molecule has 1 aromatic heterocycles. The van der Waals surface area contributed by atoms with Gasteiger partial charge in [0.1, 0.15) is 0 Å². The van der Waals surface area contributed by atoms with Crippen molar-refractivity contribution in [1.29, 1.82) is 0 Å². The van der Waals surface area contributed by atoms with Crippen molar-refractivity contribution in [2.24, 2.45) is 10.7 Å². The van der Waals surface area contributed by atoms with Gasteiger partial charge < -0.3 is 10.6 Å². The molecule has 8 heteroatoms. The third-order valence-corrected chi connectivity index (χ3v) is 5.03. The molecule has 0 saturated carbocycles. The van der Waals surface area contributed by atoms with E-state index >= 15 is 0 Å². The summed E-state index contributed by atoms with van der Waals surface area (Å²) in [4.78, 5) is 33.0. The van der Waals surface area contributed by atoms with Gasteiger partial charge in [-0.15, -0.1) is 0 Å². The Morgan fingerprint density at radius 1 is 1.27 bits per heavy atom. The van der Waals surface area contributed by atoms with Gasteiger partial charge in [-0.05, 0) is 37.5 Å². The van der Waals surface area contributed by atoms with E-state index in [1.54, 1.807) is 26.1 Å². The molecule has 0 fully saturated rings. The van der Waals surface area contributed by atoms with Gasteiger partial charge in [-0.25, -0.2) is 9.98 Å². The van der Waals surface area contributed by atoms with Crippen LogP contribution in [0.2, 0.25) is 0 Å². The zero-order valence-electron chi connectivity index (χ0n) is 17.2. The molecule has 156 valence electrons. The number of hydrogen-bond donors (Lipinski definition) is 3. The highest BCUT2D eigenvalue weighted by Crippen LogP contribution is 2.28. The van der Waals surface area contributed by atoms with E-state index in [0.717, 1.165) is 12.0 Å². The fourth-order valence-electron chi connectivity index (χ4n) is 3.40. The molecule has 3 rings (SSSR count). The van der Waals surface area contributed by atoms with Crippen LogP contribution in [0.3, 0.4) is 0 Å². The Morgan fingerprint density at radius 2 is 2.00 bits per heavy atom. The van der Waals surface area contributed by atoms with Crippen LogP contribution >= 0.6 is 0 Å². The molecule has 1 atom stereocenters. The molecular weight excluding hydrogens is 380 g/mol. The van der Waals surface area contributed by atoms with E-state index in [1.165, 1.54) is 4.57 Å². The van der Waals surface area contributed by atoms with Crippen molar-refractivity contribution in [3.63, 3.8) is 0 Å². The first kappa shape index (κ1) is 21.2. The van der Waals surface area contributed by atoms with E-state index in [0.29, 0.717) is 35.5 Å². The molecule has 1 aromatic carbocycles. The van der Waals surface area contributed by atoms with Gasteiger partial charge in [-0.2, -0.15) is 0 Å². The minimum atomic E-state index is -1.48. The number of hydrogen-bond acceptors (Lipinski definition) is 6. The molecule has 1 aliphatic rings. The van der Waals surface area contributed by atoms with Crippen LogP contribution in [-0.4, -0.2) is 34.8 Å². The van der Waals surface area contributed by atoms with E-state index in [1.807, 2.05) is 30.3 Å². The standard InChI is InChI=1S/C22H26N6O2/c1-15-11-19(13-24-14-29)22(23,27-17(15)3)28-16(2)12-26-20(21(28)30)25-10-9-18-7-5-4-6-8-18/h4-8,11-12,14H,1,9-10,13,23H2,2-3H3,(H,24,29)(H,25,26). The van der Waals surface area contributed by atoms with Crippen LogP contribution in [0.15, 0.2) is 70.1 Å². The summed E-state index contributed by atoms with van der Waals surface area (Å²) in [7, 11) is 0. The van der Waals surface area contributed by atoms with Crippen molar-refractivity contribution < 1.29 is 4.79 Å². The molecule has 4 N–H and O–H groups in total. The average Bonchev–Trinajstić information content (AvgIpc) is 2.72. The second kappa shape index (κ2) is 8.87. The molecule has 1 amide bonds. The van der Waals surface area contributed by atoms with Crippen LogP contribution in [0.5, 0.6) is 0 Å². The topological polar surface area (TPSA) is 114 Å². The number of carbonyl (C=O) groups excluding carboxylic acids is 1. The highest BCUT2D eigenvalue weighted by molar-refractivity contribution is 6.01. The molecule has 2 heterocycles. The maximum Gasteiger partial charge on any atom is 0.296 e. The van der Waals surface area contributed by atoms with Crippen molar-refractivity contribution in [3.05, 3.63) is 81.9 Å². The van der Waals surface area contributed by atoms with Crippen molar-refractivity contribution >= 4 is 17.9 Å². The first-order valence-electron chi connectivity index (χ1n) is 9.66. The third-order valence-electron chi connectivity index (χ3n) is 5.03. The van der Waals surface area contributed by atoms with E-state index in [2.05, 4.69) is 27.2 Å². The summed E-state index contributed by atoms with van der Waals surface area (Å²) in [6.45, 7) is 8.16. The van der Waals surface area contributed by atoms with Gasteiger partial charge in [0.25, 0.3) is 5.56 Å². The number of amides is 1. The summed E-state index contributed by atoms with van der Waals surface area (Å²) < 4.78 is 1.40. The Labute approximate surface area is 175 Å². The Kier molecular flexibility index (Phi) is 6.27. The minimum absolute atomic E-state index is 0.140. The normalized spacial score (nSPS) is 18.4. The number of benzene rings is 1. The average molecular weight is 406 g/mol. The number of aliphatic imine (C=N–C) groups is 1. The Morgan fingerprint density at radius 3 is 2.70 bits per heavy atom. The molecule has 0 bridgehead atoms. The molecule has 0 spiro atoms. The van der Waals surface area contributed by atoms with Gasteiger partial charge in [0, 0.05) is 36.3 Å². The SMILES string of the molecule is C=C1C=C(CNC=O)C(N)(n2c(C)cnc(NCCc3ccccc3)c2=O)N=C1C. The first-order chi connectivity index (χ1) is 14.4. The number of carbonyl (C=O) groups is 1. The predicted octanol–water partition coefficient (Wildman–Crippen LogP) is 1.48. The van der Waals surface area contributed by atoms with Gasteiger partial charge in [0.05, 0.1) is 0 Å². The number of nitrogens with zero attached hydrogens (tertiary/aromatic N) is 3. The molecule has 0 aliphatic carbocycles. The smallest absolute Gasteiger partial charge is 0.296 e. The first-order valence-corrected chi connectivity index (χ1v) is 9.66. The molecule has 1 aliphatic heterocycles. The lowest BCUT2D eigenvalue weighted by atomic mass is 9.98. The third kappa shape index (κ3) is 4.23. The molecule has 30 heavy (non-hydrogen) atoms. The van der Waals surface area contributed by atoms with E-state index in [9.17, 15) is 9.59 Å². The van der Waals surface area contributed by atoms with Gasteiger partial charge in [-0.3, -0.25) is 19.9 Å². The summed E-state index contributed by atoms with van der Waals surface area (Å²) in [5.41, 5.74) is 9.84. The van der Waals surface area contributed by atoms with Crippen molar-refractivity contribution in [2.75, 3.05) is 18.4 Å². The van der Waals surface area contributed by atoms with E-state index < -0.39 is 5.79 Å². The second-order valence-corrected chi connectivity index (χ2v) is 7.17. The molecule has 2 aromatic rings. The Bertz CT molecular complexity index is 1070. The van der Waals surface area contributed by atoms with Gasteiger partial charge >= 0.3 is 0 Å². The Balaban J connectivity index is 1.95. The number of rotatable bonds is 8. The summed E-state index contributed by atoms with van der Waals surface area (Å²) >= 11 is 0. The number of aromatic nitrogens is 2. The minimum Gasteiger partial charge on any atom is -0.365 e. The highest BCUT2D eigenvalue weighted by Gasteiger charge is 2.37. The van der Waals surface area contributed by atoms with Gasteiger partial charge in [-0.1, -0.05) is 36.9 Å². The van der Waals surface area contributed by atoms with Crippen LogP contribution in [-0.2, 0) is 17.0 Å². The summed E-state index contributed by atoms with van der Waals surface area (Å²) in [6.07, 6.45) is 4.66. The van der Waals surface area contributed by atoms with Crippen LogP contribution in [0.25, 0.3) is 0 Å². The van der Waals surface area contributed by atoms with Crippen LogP contribution in [0.1, 0.15) is 18.2 Å². The molecule has 8 nitrogen and oxygen atoms in total. The quantitative estimate of drug-likeness (QED) is 0.575. The Hall–Kier alpha value is -3.52. The highest BCUT2D eigenvalue weighted by atomic mass is 16.1. The number of aryl methyl sites for hydroxylation is 1. The largest absolute Gasteiger partial charge is 0.365 e. The van der Waals surface area contributed by atoms with Crippen molar-refractivity contribution in [1.82, 2.24) is 14.9 Å². The lowest BCUT2D eigenvalue weighted by Gasteiger charge is -2.35. The number of nitrogens with two attached hydrogens (primary N) is 1. The van der Waals surface area contributed by atoms with Crippen LogP contribution < -0.4 is 21.9 Å². The zero-order chi connectivity index (χ0) is 21.7. The van der Waals surface area contributed by atoms with E-state index in [-0.39, 0.29) is 17.9 Å². The molecule has 0 radical (unpaired) electrons. The maximum absolute atomic E-state index is 13.3. The monoisotopic (exact) mass is 406 g/mol. The van der Waals surface area contributed by atoms with Crippen molar-refractivity contribution in [3.8, 4) is 0 Å². The van der Waals surface area contributed by atoms with Crippen molar-refractivity contribution in [2.45, 2.75) is 26.1 Å². The lowest BCUT2D eigenvalue weighted by molar-refractivity contribution is -0.109. The van der Waals surface area contributed by atoms with Gasteiger partial charge in [0.15, 0.2) is 5.82 Å². The van der Waals surface area contributed by atoms with Crippen LogP contribution in [0, 0.1) is 6.92 Å². The summed E-state index contributed by atoms with van der Waals surface area (Å²) in [6, 6.07) is 9.97. The van der Waals surface area contributed by atoms with Gasteiger partial charge in [0.2, 0.25) is 12.2 Å². The predicted molar refractivity (Wildman–Crippen MR) is 118 cm³/mol. The summed E-state index contributed by atoms with van der Waals surface area (Å²) in [5.74, 6) is -1.29. The lowest BCUT2D eigenvalue weighted by Crippen LogP contribution is -2.53. The fourth-order valence-corrected chi connectivity index (χ4v) is 3.40. The zero-order valence-corrected chi connectivity index (χ0v) is 17.2. The number of allylic oxidation sites excluding steroid dienone is 2. The van der Waals surface area contributed by atoms with Crippen LogP contribution in [0.4, 0.5) is 5.82 Å². The number of nitrogens with one attached hydrogen (secondary N) is 2. The number of anilines is 1.